The predicted octanol–water partition coefficient (Wildman–Crippen LogP) is 2.17. The molecule has 1 aromatic carbocycles. The summed E-state index contributed by atoms with van der Waals surface area (Å²) in [4.78, 5) is 16.5. The van der Waals surface area contributed by atoms with Crippen LogP contribution in [0.1, 0.15) is 21.6 Å². The fourth-order valence-electron chi connectivity index (χ4n) is 2.03. The number of nitriles is 1. The van der Waals surface area contributed by atoms with Crippen LogP contribution in [-0.4, -0.2) is 27.2 Å². The molecule has 3 aromatic rings. The summed E-state index contributed by atoms with van der Waals surface area (Å²) in [5.74, 6) is -0.190. The molecule has 0 atom stereocenters. The van der Waals surface area contributed by atoms with Crippen molar-refractivity contribution in [2.75, 3.05) is 6.54 Å². The van der Waals surface area contributed by atoms with Gasteiger partial charge in [0.15, 0.2) is 0 Å². The van der Waals surface area contributed by atoms with E-state index in [2.05, 4.69) is 15.4 Å². The van der Waals surface area contributed by atoms with E-state index in [-0.39, 0.29) is 5.91 Å². The fraction of sp³-hybridized carbons (Fsp3) is 0.125. The topological polar surface area (TPSA) is 83.6 Å². The summed E-state index contributed by atoms with van der Waals surface area (Å²) in [5, 5.41) is 18.6. The van der Waals surface area contributed by atoms with E-state index in [0.29, 0.717) is 24.1 Å². The number of rotatable bonds is 5. The molecule has 3 rings (SSSR count). The van der Waals surface area contributed by atoms with Gasteiger partial charge in [-0.05, 0) is 24.3 Å². The molecule has 2 aromatic heterocycles. The average Bonchev–Trinajstić information content (AvgIpc) is 3.26. The first-order valence-electron chi connectivity index (χ1n) is 6.99. The second kappa shape index (κ2) is 6.85. The highest BCUT2D eigenvalue weighted by Gasteiger charge is 2.07. The average molecular weight is 323 g/mol. The lowest BCUT2D eigenvalue weighted by atomic mass is 10.1. The van der Waals surface area contributed by atoms with Crippen molar-refractivity contribution in [1.82, 2.24) is 20.1 Å². The Morgan fingerprint density at radius 3 is 3.09 bits per heavy atom. The van der Waals surface area contributed by atoms with Crippen LogP contribution < -0.4 is 5.32 Å². The third kappa shape index (κ3) is 3.62. The van der Waals surface area contributed by atoms with Gasteiger partial charge < -0.3 is 5.32 Å². The van der Waals surface area contributed by atoms with Crippen molar-refractivity contribution in [2.24, 2.45) is 0 Å². The predicted molar refractivity (Wildman–Crippen MR) is 86.4 cm³/mol. The molecule has 1 N–H and O–H groups in total. The third-order valence-corrected chi connectivity index (χ3v) is 4.04. The number of aromatic nitrogens is 3. The molecular formula is C16H13N5OS. The Morgan fingerprint density at radius 1 is 1.39 bits per heavy atom. The first-order valence-corrected chi connectivity index (χ1v) is 7.87. The van der Waals surface area contributed by atoms with Crippen molar-refractivity contribution in [2.45, 2.75) is 6.42 Å². The zero-order valence-corrected chi connectivity index (χ0v) is 13.0. The molecule has 23 heavy (non-hydrogen) atoms. The summed E-state index contributed by atoms with van der Waals surface area (Å²) in [7, 11) is 0. The Hall–Kier alpha value is -2.98. The highest BCUT2D eigenvalue weighted by molar-refractivity contribution is 7.12. The van der Waals surface area contributed by atoms with Gasteiger partial charge in [0.05, 0.1) is 17.3 Å². The van der Waals surface area contributed by atoms with Gasteiger partial charge in [0.1, 0.15) is 0 Å². The van der Waals surface area contributed by atoms with E-state index in [0.717, 1.165) is 10.8 Å². The van der Waals surface area contributed by atoms with Gasteiger partial charge in [-0.3, -0.25) is 4.79 Å². The summed E-state index contributed by atoms with van der Waals surface area (Å²) in [5.41, 5.74) is 1.87. The normalized spacial score (nSPS) is 10.2. The maximum Gasteiger partial charge on any atom is 0.251 e. The van der Waals surface area contributed by atoms with Gasteiger partial charge in [0, 0.05) is 36.3 Å². The smallest absolute Gasteiger partial charge is 0.251 e. The van der Waals surface area contributed by atoms with E-state index in [9.17, 15) is 4.79 Å². The number of carbonyl (C=O) groups is 1. The lowest BCUT2D eigenvalue weighted by Gasteiger charge is -2.04. The van der Waals surface area contributed by atoms with E-state index in [4.69, 9.17) is 5.26 Å². The van der Waals surface area contributed by atoms with E-state index in [1.165, 1.54) is 11.3 Å². The largest absolute Gasteiger partial charge is 0.352 e. The number of carbonyl (C=O) groups excluding carboxylic acids is 1. The minimum absolute atomic E-state index is 0.190. The van der Waals surface area contributed by atoms with Gasteiger partial charge in [0.2, 0.25) is 5.13 Å². The molecular weight excluding hydrogens is 310 g/mol. The van der Waals surface area contributed by atoms with Gasteiger partial charge in [-0.1, -0.05) is 6.07 Å². The lowest BCUT2D eigenvalue weighted by molar-refractivity contribution is 0.0954. The molecule has 0 aliphatic carbocycles. The summed E-state index contributed by atoms with van der Waals surface area (Å²) < 4.78 is 1.71. The standard InChI is InChI=1S/C16H13N5OS/c17-10-12-3-1-4-13(9-12)15(22)18-7-5-14-11-23-16(20-14)21-8-2-6-19-21/h1-4,6,8-9,11H,5,7H2,(H,18,22). The molecule has 0 aliphatic rings. The fourth-order valence-corrected chi connectivity index (χ4v) is 2.83. The zero-order valence-electron chi connectivity index (χ0n) is 12.1. The van der Waals surface area contributed by atoms with E-state index >= 15 is 0 Å². The van der Waals surface area contributed by atoms with Crippen molar-refractivity contribution < 1.29 is 4.79 Å². The monoisotopic (exact) mass is 323 g/mol. The van der Waals surface area contributed by atoms with Crippen molar-refractivity contribution >= 4 is 17.2 Å². The summed E-state index contributed by atoms with van der Waals surface area (Å²) in [6.45, 7) is 0.484. The number of hydrogen-bond acceptors (Lipinski definition) is 5. The molecule has 2 heterocycles. The van der Waals surface area contributed by atoms with E-state index in [1.54, 1.807) is 35.1 Å². The van der Waals surface area contributed by atoms with Crippen molar-refractivity contribution in [3.05, 3.63) is 64.9 Å². The Morgan fingerprint density at radius 2 is 2.30 bits per heavy atom. The van der Waals surface area contributed by atoms with E-state index < -0.39 is 0 Å². The Labute approximate surface area is 137 Å². The molecule has 0 radical (unpaired) electrons. The Kier molecular flexibility index (Phi) is 4.45. The molecule has 1 amide bonds. The molecule has 114 valence electrons. The summed E-state index contributed by atoms with van der Waals surface area (Å²) >= 11 is 1.51. The van der Waals surface area contributed by atoms with Crippen LogP contribution in [0, 0.1) is 11.3 Å². The van der Waals surface area contributed by atoms with Crippen LogP contribution in [0.2, 0.25) is 0 Å². The molecule has 0 aliphatic heterocycles. The van der Waals surface area contributed by atoms with Crippen molar-refractivity contribution in [3.63, 3.8) is 0 Å². The number of benzene rings is 1. The first-order chi connectivity index (χ1) is 11.3. The Bertz CT molecular complexity index is 847. The SMILES string of the molecule is N#Cc1cccc(C(=O)NCCc2csc(-n3cccn3)n2)c1. The van der Waals surface area contributed by atoms with Crippen LogP contribution in [0.25, 0.3) is 5.13 Å². The lowest BCUT2D eigenvalue weighted by Crippen LogP contribution is -2.25. The van der Waals surface area contributed by atoms with Crippen LogP contribution in [0.15, 0.2) is 48.1 Å². The van der Waals surface area contributed by atoms with Crippen LogP contribution in [0.5, 0.6) is 0 Å². The maximum absolute atomic E-state index is 12.0. The number of nitrogens with one attached hydrogen (secondary N) is 1. The van der Waals surface area contributed by atoms with Crippen LogP contribution in [-0.2, 0) is 6.42 Å². The Balaban J connectivity index is 1.55. The molecule has 0 unspecified atom stereocenters. The summed E-state index contributed by atoms with van der Waals surface area (Å²) in [6.07, 6.45) is 4.19. The van der Waals surface area contributed by atoms with Gasteiger partial charge >= 0.3 is 0 Å². The van der Waals surface area contributed by atoms with Gasteiger partial charge in [-0.15, -0.1) is 11.3 Å². The van der Waals surface area contributed by atoms with Crippen LogP contribution in [0.4, 0.5) is 0 Å². The number of amides is 1. The van der Waals surface area contributed by atoms with Crippen molar-refractivity contribution in [3.8, 4) is 11.2 Å². The number of nitrogens with zero attached hydrogens (tertiary/aromatic N) is 4. The summed E-state index contributed by atoms with van der Waals surface area (Å²) in [6, 6.07) is 10.5. The quantitative estimate of drug-likeness (QED) is 0.780. The zero-order chi connectivity index (χ0) is 16.1. The highest BCUT2D eigenvalue weighted by atomic mass is 32.1. The number of hydrogen-bond donors (Lipinski definition) is 1. The molecule has 0 spiro atoms. The minimum Gasteiger partial charge on any atom is -0.352 e. The molecule has 0 fully saturated rings. The van der Waals surface area contributed by atoms with Gasteiger partial charge in [0.25, 0.3) is 5.91 Å². The first kappa shape index (κ1) is 14.9. The molecule has 0 saturated carbocycles. The molecule has 6 nitrogen and oxygen atoms in total. The minimum atomic E-state index is -0.190. The van der Waals surface area contributed by atoms with Gasteiger partial charge in [-0.25, -0.2) is 9.67 Å². The second-order valence-corrected chi connectivity index (χ2v) is 5.61. The number of thiazole rings is 1. The molecule has 7 heteroatoms. The van der Waals surface area contributed by atoms with Crippen LogP contribution >= 0.6 is 11.3 Å². The molecule has 0 saturated heterocycles. The second-order valence-electron chi connectivity index (χ2n) is 4.77. The maximum atomic E-state index is 12.0. The van der Waals surface area contributed by atoms with Crippen molar-refractivity contribution in [1.29, 1.82) is 5.26 Å². The van der Waals surface area contributed by atoms with E-state index in [1.807, 2.05) is 23.7 Å². The van der Waals surface area contributed by atoms with Crippen LogP contribution in [0.3, 0.4) is 0 Å². The molecule has 0 bridgehead atoms. The van der Waals surface area contributed by atoms with Gasteiger partial charge in [-0.2, -0.15) is 10.4 Å². The third-order valence-electron chi connectivity index (χ3n) is 3.16. The highest BCUT2D eigenvalue weighted by Crippen LogP contribution is 2.14.